The number of hydrogen-bond donors (Lipinski definition) is 2. The summed E-state index contributed by atoms with van der Waals surface area (Å²) < 4.78 is 1.53. The van der Waals surface area contributed by atoms with Gasteiger partial charge in [0.2, 0.25) is 5.91 Å². The maximum Gasteiger partial charge on any atom is 0.246 e. The number of carbonyl (C=O) groups excluding carboxylic acids is 1. The molecule has 1 aromatic carbocycles. The van der Waals surface area contributed by atoms with Gasteiger partial charge in [0.25, 0.3) is 0 Å². The fourth-order valence-corrected chi connectivity index (χ4v) is 2.40. The molecule has 8 heteroatoms. The molecule has 0 saturated heterocycles. The molecule has 1 aromatic heterocycles. The second-order valence-corrected chi connectivity index (χ2v) is 5.76. The average molecular weight is 348 g/mol. The molecular formula is C13H13Cl3N4O. The number of nitrogens with one attached hydrogen (secondary N) is 1. The lowest BCUT2D eigenvalue weighted by Crippen LogP contribution is -2.20. The first-order chi connectivity index (χ1) is 9.79. The van der Waals surface area contributed by atoms with Gasteiger partial charge in [-0.2, -0.15) is 5.10 Å². The lowest BCUT2D eigenvalue weighted by Gasteiger charge is -2.09. The third-order valence-electron chi connectivity index (χ3n) is 3.01. The first-order valence-corrected chi connectivity index (χ1v) is 7.17. The molecule has 0 fully saturated rings. The lowest BCUT2D eigenvalue weighted by atomic mass is 10.3. The van der Waals surface area contributed by atoms with Crippen molar-refractivity contribution in [3.63, 3.8) is 0 Å². The van der Waals surface area contributed by atoms with E-state index in [0.717, 1.165) is 5.69 Å². The molecule has 0 aliphatic heterocycles. The number of amides is 1. The normalized spacial score (nSPS) is 10.7. The van der Waals surface area contributed by atoms with Gasteiger partial charge < -0.3 is 11.1 Å². The summed E-state index contributed by atoms with van der Waals surface area (Å²) in [6.07, 6.45) is 0. The van der Waals surface area contributed by atoms with E-state index < -0.39 is 0 Å². The maximum atomic E-state index is 12.1. The Balaban J connectivity index is 2.15. The molecule has 0 spiro atoms. The van der Waals surface area contributed by atoms with Crippen LogP contribution in [0.15, 0.2) is 12.1 Å². The van der Waals surface area contributed by atoms with Gasteiger partial charge in [-0.3, -0.25) is 9.48 Å². The molecule has 3 N–H and O–H groups in total. The second kappa shape index (κ2) is 6.13. The van der Waals surface area contributed by atoms with Gasteiger partial charge in [0.1, 0.15) is 6.54 Å². The van der Waals surface area contributed by atoms with Crippen molar-refractivity contribution in [2.45, 2.75) is 20.4 Å². The Kier molecular flexibility index (Phi) is 4.66. The van der Waals surface area contributed by atoms with Crippen molar-refractivity contribution in [1.29, 1.82) is 0 Å². The zero-order valence-electron chi connectivity index (χ0n) is 11.4. The Morgan fingerprint density at radius 2 is 1.86 bits per heavy atom. The highest BCUT2D eigenvalue weighted by Crippen LogP contribution is 2.32. The summed E-state index contributed by atoms with van der Waals surface area (Å²) >= 11 is 17.7. The molecule has 0 radical (unpaired) electrons. The summed E-state index contributed by atoms with van der Waals surface area (Å²) in [5, 5.41) is 7.81. The van der Waals surface area contributed by atoms with Crippen LogP contribution in [0.4, 0.5) is 11.4 Å². The van der Waals surface area contributed by atoms with E-state index in [4.69, 9.17) is 40.5 Å². The monoisotopic (exact) mass is 346 g/mol. The number of aryl methyl sites for hydroxylation is 1. The number of anilines is 2. The smallest absolute Gasteiger partial charge is 0.246 e. The molecule has 2 rings (SSSR count). The van der Waals surface area contributed by atoms with Gasteiger partial charge in [0.15, 0.2) is 0 Å². The van der Waals surface area contributed by atoms with Crippen LogP contribution in [0.5, 0.6) is 0 Å². The minimum Gasteiger partial charge on any atom is -0.396 e. The van der Waals surface area contributed by atoms with Crippen LogP contribution >= 0.6 is 34.8 Å². The highest BCUT2D eigenvalue weighted by atomic mass is 35.5. The summed E-state index contributed by atoms with van der Waals surface area (Å²) in [7, 11) is 0. The number of nitrogens with two attached hydrogens (primary N) is 1. The predicted molar refractivity (Wildman–Crippen MR) is 86.2 cm³/mol. The van der Waals surface area contributed by atoms with E-state index in [1.54, 1.807) is 13.8 Å². The SMILES string of the molecule is Cc1nn(CC(=O)Nc2cc(Cl)c(Cl)cc2Cl)c(C)c1N. The van der Waals surface area contributed by atoms with Crippen molar-refractivity contribution < 1.29 is 4.79 Å². The summed E-state index contributed by atoms with van der Waals surface area (Å²) in [5.74, 6) is -0.291. The van der Waals surface area contributed by atoms with Crippen molar-refractivity contribution in [2.75, 3.05) is 11.1 Å². The quantitative estimate of drug-likeness (QED) is 0.832. The van der Waals surface area contributed by atoms with E-state index in [0.29, 0.717) is 32.1 Å². The zero-order valence-corrected chi connectivity index (χ0v) is 13.6. The minimum absolute atomic E-state index is 0.0282. The summed E-state index contributed by atoms with van der Waals surface area (Å²) in [4.78, 5) is 12.1. The lowest BCUT2D eigenvalue weighted by molar-refractivity contribution is -0.116. The first kappa shape index (κ1) is 15.9. The number of carbonyl (C=O) groups is 1. The third-order valence-corrected chi connectivity index (χ3v) is 4.05. The van der Waals surface area contributed by atoms with Crippen LogP contribution in [-0.2, 0) is 11.3 Å². The molecule has 0 aliphatic rings. The van der Waals surface area contributed by atoms with Crippen LogP contribution in [0.3, 0.4) is 0 Å². The molecular weight excluding hydrogens is 335 g/mol. The molecule has 1 heterocycles. The number of aromatic nitrogens is 2. The fourth-order valence-electron chi connectivity index (χ4n) is 1.81. The van der Waals surface area contributed by atoms with Crippen LogP contribution < -0.4 is 11.1 Å². The molecule has 0 atom stereocenters. The number of rotatable bonds is 3. The van der Waals surface area contributed by atoms with Gasteiger partial charge in [-0.25, -0.2) is 0 Å². The van der Waals surface area contributed by atoms with Crippen molar-refractivity contribution in [2.24, 2.45) is 0 Å². The topological polar surface area (TPSA) is 72.9 Å². The van der Waals surface area contributed by atoms with E-state index in [1.165, 1.54) is 16.8 Å². The Morgan fingerprint density at radius 1 is 1.24 bits per heavy atom. The zero-order chi connectivity index (χ0) is 15.7. The van der Waals surface area contributed by atoms with E-state index in [2.05, 4.69) is 10.4 Å². The van der Waals surface area contributed by atoms with Gasteiger partial charge in [0, 0.05) is 0 Å². The fraction of sp³-hybridized carbons (Fsp3) is 0.231. The van der Waals surface area contributed by atoms with Gasteiger partial charge in [-0.15, -0.1) is 0 Å². The molecule has 0 bridgehead atoms. The Bertz CT molecular complexity index is 712. The van der Waals surface area contributed by atoms with Crippen molar-refractivity contribution in [3.8, 4) is 0 Å². The summed E-state index contributed by atoms with van der Waals surface area (Å²) in [5.41, 5.74) is 8.22. The number of benzene rings is 1. The first-order valence-electron chi connectivity index (χ1n) is 6.03. The highest BCUT2D eigenvalue weighted by molar-refractivity contribution is 6.44. The highest BCUT2D eigenvalue weighted by Gasteiger charge is 2.13. The third kappa shape index (κ3) is 3.43. The second-order valence-electron chi connectivity index (χ2n) is 4.54. The summed E-state index contributed by atoms with van der Waals surface area (Å²) in [6, 6.07) is 2.97. The Labute approximate surface area is 137 Å². The van der Waals surface area contributed by atoms with E-state index in [-0.39, 0.29) is 12.5 Å². The van der Waals surface area contributed by atoms with Crippen LogP contribution in [0, 0.1) is 13.8 Å². The number of hydrogen-bond acceptors (Lipinski definition) is 3. The number of nitrogen functional groups attached to an aromatic ring is 1. The van der Waals surface area contributed by atoms with E-state index in [9.17, 15) is 4.79 Å². The Hall–Kier alpha value is -1.43. The van der Waals surface area contributed by atoms with Crippen LogP contribution in [-0.4, -0.2) is 15.7 Å². The molecule has 2 aromatic rings. The van der Waals surface area contributed by atoms with E-state index >= 15 is 0 Å². The summed E-state index contributed by atoms with van der Waals surface area (Å²) in [6.45, 7) is 3.61. The molecule has 5 nitrogen and oxygen atoms in total. The van der Waals surface area contributed by atoms with Gasteiger partial charge in [-0.05, 0) is 26.0 Å². The molecule has 0 saturated carbocycles. The molecule has 0 unspecified atom stereocenters. The van der Waals surface area contributed by atoms with Crippen LogP contribution in [0.25, 0.3) is 0 Å². The minimum atomic E-state index is -0.291. The van der Waals surface area contributed by atoms with Gasteiger partial charge >= 0.3 is 0 Å². The largest absolute Gasteiger partial charge is 0.396 e. The molecule has 112 valence electrons. The van der Waals surface area contributed by atoms with Crippen molar-refractivity contribution in [1.82, 2.24) is 9.78 Å². The molecule has 1 amide bonds. The standard InChI is InChI=1S/C13H13Cl3N4O/c1-6-13(17)7(2)20(19-6)5-12(21)18-11-4-9(15)8(14)3-10(11)16/h3-4H,5,17H2,1-2H3,(H,18,21). The van der Waals surface area contributed by atoms with E-state index in [1.807, 2.05) is 0 Å². The predicted octanol–water partition coefficient (Wildman–Crippen LogP) is 3.68. The molecule has 0 aliphatic carbocycles. The Morgan fingerprint density at radius 3 is 2.43 bits per heavy atom. The van der Waals surface area contributed by atoms with Crippen molar-refractivity contribution >= 4 is 52.1 Å². The average Bonchev–Trinajstić information content (AvgIpc) is 2.63. The van der Waals surface area contributed by atoms with Gasteiger partial charge in [-0.1, -0.05) is 34.8 Å². The van der Waals surface area contributed by atoms with Gasteiger partial charge in [0.05, 0.1) is 37.8 Å². The number of nitrogens with zero attached hydrogens (tertiary/aromatic N) is 2. The van der Waals surface area contributed by atoms with Crippen LogP contribution in [0.1, 0.15) is 11.4 Å². The van der Waals surface area contributed by atoms with Crippen molar-refractivity contribution in [3.05, 3.63) is 38.6 Å². The number of halogens is 3. The molecule has 21 heavy (non-hydrogen) atoms. The van der Waals surface area contributed by atoms with Crippen LogP contribution in [0.2, 0.25) is 15.1 Å². The maximum absolute atomic E-state index is 12.1.